The Morgan fingerprint density at radius 1 is 1.60 bits per heavy atom. The van der Waals surface area contributed by atoms with Crippen molar-refractivity contribution in [2.75, 3.05) is 14.1 Å². The number of amides is 1. The fraction of sp³-hybridized carbons (Fsp3) is 0.286. The molecule has 1 aromatic heterocycles. The summed E-state index contributed by atoms with van der Waals surface area (Å²) in [7, 11) is 4.10. The van der Waals surface area contributed by atoms with Crippen LogP contribution in [0, 0.1) is 0 Å². The van der Waals surface area contributed by atoms with Crippen LogP contribution in [0.1, 0.15) is 10.1 Å². The zero-order valence-corrected chi connectivity index (χ0v) is 7.09. The zero-order valence-electron chi connectivity index (χ0n) is 6.09. The second-order valence-electron chi connectivity index (χ2n) is 2.28. The molecule has 0 saturated heterocycles. The number of nitrogens with zero attached hydrogens (tertiary/aromatic N) is 1. The van der Waals surface area contributed by atoms with Crippen molar-refractivity contribution in [1.82, 2.24) is 4.90 Å². The molecule has 1 atom stereocenters. The summed E-state index contributed by atoms with van der Waals surface area (Å²) in [6.45, 7) is 0. The van der Waals surface area contributed by atoms with E-state index < -0.39 is 0 Å². The maximum absolute atomic E-state index is 11.2. The van der Waals surface area contributed by atoms with E-state index in [1.165, 1.54) is 0 Å². The number of rotatable bonds is 1. The summed E-state index contributed by atoms with van der Waals surface area (Å²) in [4.78, 5) is 12.8. The second-order valence-corrected chi connectivity index (χ2v) is 3.44. The van der Waals surface area contributed by atoms with Gasteiger partial charge in [-0.3, -0.25) is 4.79 Å². The summed E-state index contributed by atoms with van der Waals surface area (Å²) in [5, 5.41) is 0.907. The van der Waals surface area contributed by atoms with Crippen molar-refractivity contribution in [3.63, 3.8) is 0 Å². The Morgan fingerprint density at radius 2 is 2.30 bits per heavy atom. The van der Waals surface area contributed by atoms with Crippen LogP contribution in [0.5, 0.6) is 0 Å². The fourth-order valence-electron chi connectivity index (χ4n) is 0.704. The van der Waals surface area contributed by atoms with E-state index in [9.17, 15) is 4.79 Å². The molecule has 1 heterocycles. The molecule has 1 unspecified atom stereocenters. The van der Waals surface area contributed by atoms with Gasteiger partial charge in [-0.25, -0.2) is 0 Å². The Balaban J connectivity index is 2.78. The van der Waals surface area contributed by atoms with Gasteiger partial charge < -0.3 is 4.90 Å². The molecule has 10 heavy (non-hydrogen) atoms. The minimum absolute atomic E-state index is 0.128. The standard InChI is InChI=1S/C7H10NOP/c1-8(2)7(9)6-4-3-5-10-6/h3-5,10H,1-2H3. The van der Waals surface area contributed by atoms with E-state index >= 15 is 0 Å². The van der Waals surface area contributed by atoms with Crippen LogP contribution < -0.4 is 0 Å². The van der Waals surface area contributed by atoms with Gasteiger partial charge in [-0.1, -0.05) is 6.07 Å². The largest absolute Gasteiger partial charge is 0.344 e. The van der Waals surface area contributed by atoms with Crippen LogP contribution in [0.15, 0.2) is 17.9 Å². The Bertz CT molecular complexity index is 216. The highest BCUT2D eigenvalue weighted by molar-refractivity contribution is 7.31. The molecule has 0 radical (unpaired) electrons. The lowest BCUT2D eigenvalue weighted by atomic mass is 10.4. The van der Waals surface area contributed by atoms with E-state index in [2.05, 4.69) is 0 Å². The SMILES string of the molecule is CN(C)C(=O)c1ccc[pH]1. The predicted octanol–water partition coefficient (Wildman–Crippen LogP) is 1.42. The van der Waals surface area contributed by atoms with Crippen molar-refractivity contribution in [3.05, 3.63) is 23.2 Å². The highest BCUT2D eigenvalue weighted by Gasteiger charge is 2.05. The van der Waals surface area contributed by atoms with Crippen molar-refractivity contribution >= 4 is 14.1 Å². The first-order valence-electron chi connectivity index (χ1n) is 3.07. The maximum Gasteiger partial charge on any atom is 0.257 e. The lowest BCUT2D eigenvalue weighted by Crippen LogP contribution is -2.20. The minimum atomic E-state index is 0.128. The van der Waals surface area contributed by atoms with Crippen molar-refractivity contribution in [1.29, 1.82) is 0 Å². The van der Waals surface area contributed by atoms with Crippen LogP contribution in [0.2, 0.25) is 0 Å². The molecule has 1 amide bonds. The molecule has 0 fully saturated rings. The third kappa shape index (κ3) is 1.39. The summed E-state index contributed by atoms with van der Waals surface area (Å²) >= 11 is 0. The molecule has 3 heteroatoms. The highest BCUT2D eigenvalue weighted by atomic mass is 31.0. The third-order valence-corrected chi connectivity index (χ3v) is 2.29. The number of hydrogen-bond donors (Lipinski definition) is 0. The van der Waals surface area contributed by atoms with Crippen molar-refractivity contribution in [2.24, 2.45) is 0 Å². The van der Waals surface area contributed by atoms with Gasteiger partial charge in [-0.05, 0) is 11.9 Å². The molecule has 54 valence electrons. The molecular weight excluding hydrogens is 145 g/mol. The van der Waals surface area contributed by atoms with E-state index in [1.807, 2.05) is 17.9 Å². The van der Waals surface area contributed by atoms with E-state index in [-0.39, 0.29) is 5.91 Å². The summed E-state index contributed by atoms with van der Waals surface area (Å²) in [5.41, 5.74) is 0. The van der Waals surface area contributed by atoms with Gasteiger partial charge in [-0.2, -0.15) is 0 Å². The molecule has 0 spiro atoms. The van der Waals surface area contributed by atoms with Gasteiger partial charge in [-0.15, -0.1) is 8.19 Å². The van der Waals surface area contributed by atoms with Gasteiger partial charge in [0.1, 0.15) is 0 Å². The molecule has 0 bridgehead atoms. The van der Waals surface area contributed by atoms with Crippen LogP contribution in [0.4, 0.5) is 0 Å². The molecule has 1 rings (SSSR count). The van der Waals surface area contributed by atoms with Crippen molar-refractivity contribution in [2.45, 2.75) is 0 Å². The normalized spacial score (nSPS) is 10.2. The fourth-order valence-corrected chi connectivity index (χ4v) is 1.62. The topological polar surface area (TPSA) is 20.3 Å². The monoisotopic (exact) mass is 155 g/mol. The van der Waals surface area contributed by atoms with E-state index in [1.54, 1.807) is 19.0 Å². The molecule has 0 N–H and O–H groups in total. The first-order chi connectivity index (χ1) is 4.72. The van der Waals surface area contributed by atoms with Crippen LogP contribution in [-0.2, 0) is 0 Å². The smallest absolute Gasteiger partial charge is 0.257 e. The van der Waals surface area contributed by atoms with Gasteiger partial charge in [0.05, 0.1) is 5.30 Å². The predicted molar refractivity (Wildman–Crippen MR) is 44.0 cm³/mol. The number of carbonyl (C=O) groups is 1. The summed E-state index contributed by atoms with van der Waals surface area (Å²) < 4.78 is 0. The van der Waals surface area contributed by atoms with Crippen molar-refractivity contribution < 1.29 is 4.79 Å². The van der Waals surface area contributed by atoms with Gasteiger partial charge in [0.15, 0.2) is 0 Å². The lowest BCUT2D eigenvalue weighted by molar-refractivity contribution is 0.0832. The van der Waals surface area contributed by atoms with Crippen LogP contribution >= 0.6 is 8.19 Å². The number of carbonyl (C=O) groups excluding carboxylic acids is 1. The van der Waals surface area contributed by atoms with E-state index in [0.29, 0.717) is 8.19 Å². The summed E-state index contributed by atoms with van der Waals surface area (Å²) in [6, 6.07) is 3.80. The average Bonchev–Trinajstić information content (AvgIpc) is 2.36. The molecule has 0 aliphatic rings. The summed E-state index contributed by atoms with van der Waals surface area (Å²) in [6.07, 6.45) is 0. The molecule has 0 aromatic carbocycles. The first-order valence-corrected chi connectivity index (χ1v) is 4.14. The molecular formula is C7H10NOP. The van der Waals surface area contributed by atoms with Crippen LogP contribution in [0.25, 0.3) is 0 Å². The maximum atomic E-state index is 11.2. The Labute approximate surface area is 61.9 Å². The Morgan fingerprint density at radius 3 is 2.70 bits per heavy atom. The minimum Gasteiger partial charge on any atom is -0.344 e. The highest BCUT2D eigenvalue weighted by Crippen LogP contribution is 2.15. The van der Waals surface area contributed by atoms with Gasteiger partial charge in [0.2, 0.25) is 0 Å². The molecule has 2 nitrogen and oxygen atoms in total. The Hall–Kier alpha value is -0.750. The number of hydrogen-bond acceptors (Lipinski definition) is 1. The van der Waals surface area contributed by atoms with Crippen molar-refractivity contribution in [3.8, 4) is 0 Å². The molecule has 1 aromatic rings. The molecule has 0 saturated carbocycles. The quantitative estimate of drug-likeness (QED) is 0.600. The summed E-state index contributed by atoms with van der Waals surface area (Å²) in [5.74, 6) is 2.14. The zero-order chi connectivity index (χ0) is 7.56. The van der Waals surface area contributed by atoms with Gasteiger partial charge in [0.25, 0.3) is 5.91 Å². The van der Waals surface area contributed by atoms with E-state index in [4.69, 9.17) is 0 Å². The van der Waals surface area contributed by atoms with Crippen LogP contribution in [-0.4, -0.2) is 24.9 Å². The lowest BCUT2D eigenvalue weighted by Gasteiger charge is -2.07. The molecule has 0 aliphatic carbocycles. The molecule has 0 aliphatic heterocycles. The average molecular weight is 155 g/mol. The van der Waals surface area contributed by atoms with Gasteiger partial charge >= 0.3 is 0 Å². The third-order valence-electron chi connectivity index (χ3n) is 1.23. The van der Waals surface area contributed by atoms with Crippen LogP contribution in [0.3, 0.4) is 0 Å². The van der Waals surface area contributed by atoms with E-state index in [0.717, 1.165) is 5.30 Å². The first kappa shape index (κ1) is 7.36. The Kier molecular flexibility index (Phi) is 2.13. The van der Waals surface area contributed by atoms with Gasteiger partial charge in [0, 0.05) is 14.1 Å². The second kappa shape index (κ2) is 2.89.